The van der Waals surface area contributed by atoms with Gasteiger partial charge in [0.1, 0.15) is 0 Å². The zero-order chi connectivity index (χ0) is 13.3. The normalized spacial score (nSPS) is 16.5. The summed E-state index contributed by atoms with van der Waals surface area (Å²) in [5, 5.41) is 3.35. The van der Waals surface area contributed by atoms with Gasteiger partial charge in [-0.1, -0.05) is 25.3 Å². The summed E-state index contributed by atoms with van der Waals surface area (Å²) in [5.41, 5.74) is 0.997. The van der Waals surface area contributed by atoms with E-state index in [2.05, 4.69) is 10.3 Å². The summed E-state index contributed by atoms with van der Waals surface area (Å²) in [5.74, 6) is 0.665. The van der Waals surface area contributed by atoms with Crippen molar-refractivity contribution in [2.24, 2.45) is 0 Å². The number of hydrogen-bond donors (Lipinski definition) is 1. The minimum absolute atomic E-state index is 0.491. The topological polar surface area (TPSA) is 43.4 Å². The Morgan fingerprint density at radius 1 is 1.26 bits per heavy atom. The maximum atomic E-state index is 5.86. The van der Waals surface area contributed by atoms with Crippen molar-refractivity contribution in [1.29, 1.82) is 0 Å². The Bertz CT molecular complexity index is 365. The molecule has 0 amide bonds. The lowest BCUT2D eigenvalue weighted by atomic mass is 9.98. The number of pyridine rings is 1. The molecule has 0 atom stereocenters. The van der Waals surface area contributed by atoms with Gasteiger partial charge in [0.2, 0.25) is 5.88 Å². The van der Waals surface area contributed by atoms with Crippen molar-refractivity contribution in [3.8, 4) is 5.88 Å². The second kappa shape index (κ2) is 8.12. The van der Waals surface area contributed by atoms with E-state index in [1.807, 2.05) is 18.2 Å². The van der Waals surface area contributed by atoms with Crippen molar-refractivity contribution in [3.05, 3.63) is 23.9 Å². The first-order valence-corrected chi connectivity index (χ1v) is 7.21. The van der Waals surface area contributed by atoms with E-state index in [9.17, 15) is 0 Å². The van der Waals surface area contributed by atoms with E-state index in [4.69, 9.17) is 9.47 Å². The third kappa shape index (κ3) is 5.17. The van der Waals surface area contributed by atoms with Crippen LogP contribution in [0.4, 0.5) is 0 Å². The fourth-order valence-corrected chi connectivity index (χ4v) is 2.42. The zero-order valence-electron chi connectivity index (χ0n) is 11.7. The van der Waals surface area contributed by atoms with Crippen molar-refractivity contribution < 1.29 is 9.47 Å². The second-order valence-corrected chi connectivity index (χ2v) is 4.98. The highest BCUT2D eigenvalue weighted by atomic mass is 16.5. The van der Waals surface area contributed by atoms with Gasteiger partial charge in [-0.3, -0.25) is 0 Å². The van der Waals surface area contributed by atoms with Crippen LogP contribution in [0.25, 0.3) is 0 Å². The Balaban J connectivity index is 1.58. The molecule has 0 unspecified atom stereocenters. The summed E-state index contributed by atoms with van der Waals surface area (Å²) in [4.78, 5) is 4.35. The molecule has 1 aliphatic rings. The molecule has 0 bridgehead atoms. The predicted molar refractivity (Wildman–Crippen MR) is 75.3 cm³/mol. The zero-order valence-corrected chi connectivity index (χ0v) is 11.7. The Kier molecular flexibility index (Phi) is 6.11. The largest absolute Gasteiger partial charge is 0.481 e. The Labute approximate surface area is 115 Å². The van der Waals surface area contributed by atoms with Crippen LogP contribution in [-0.4, -0.2) is 31.3 Å². The van der Waals surface area contributed by atoms with Crippen LogP contribution in [-0.2, 0) is 11.3 Å². The molecule has 1 aromatic heterocycles. The lowest BCUT2D eigenvalue weighted by Gasteiger charge is -2.22. The third-order valence-electron chi connectivity index (χ3n) is 3.48. The van der Waals surface area contributed by atoms with Gasteiger partial charge in [0, 0.05) is 19.2 Å². The number of hydrogen-bond acceptors (Lipinski definition) is 4. The highest BCUT2D eigenvalue weighted by Crippen LogP contribution is 2.19. The summed E-state index contributed by atoms with van der Waals surface area (Å²) < 4.78 is 11.0. The highest BCUT2D eigenvalue weighted by Gasteiger charge is 2.12. The number of nitrogens with zero attached hydrogens (tertiary/aromatic N) is 1. The molecule has 0 radical (unpaired) electrons. The molecule has 1 aliphatic carbocycles. The van der Waals surface area contributed by atoms with E-state index in [1.54, 1.807) is 7.11 Å². The molecule has 1 N–H and O–H groups in total. The van der Waals surface area contributed by atoms with Crippen molar-refractivity contribution >= 4 is 0 Å². The van der Waals surface area contributed by atoms with Gasteiger partial charge in [-0.25, -0.2) is 4.98 Å². The first-order chi connectivity index (χ1) is 9.38. The molecular weight excluding hydrogens is 240 g/mol. The molecule has 1 aromatic rings. The number of methoxy groups -OCH3 is 1. The molecule has 1 heterocycles. The van der Waals surface area contributed by atoms with Gasteiger partial charge in [-0.05, 0) is 18.9 Å². The summed E-state index contributed by atoms with van der Waals surface area (Å²) in [6, 6.07) is 5.81. The minimum Gasteiger partial charge on any atom is -0.481 e. The molecule has 4 nitrogen and oxygen atoms in total. The van der Waals surface area contributed by atoms with Gasteiger partial charge >= 0.3 is 0 Å². The van der Waals surface area contributed by atoms with Crippen LogP contribution in [0.3, 0.4) is 0 Å². The lowest BCUT2D eigenvalue weighted by molar-refractivity contribution is 0.0302. The summed E-state index contributed by atoms with van der Waals surface area (Å²) in [7, 11) is 1.64. The molecular formula is C15H24N2O2. The molecule has 0 saturated heterocycles. The van der Waals surface area contributed by atoms with Crippen molar-refractivity contribution in [1.82, 2.24) is 10.3 Å². The maximum absolute atomic E-state index is 5.86. The maximum Gasteiger partial charge on any atom is 0.213 e. The van der Waals surface area contributed by atoms with Gasteiger partial charge in [-0.15, -0.1) is 0 Å². The van der Waals surface area contributed by atoms with Gasteiger partial charge in [0.15, 0.2) is 0 Å². The monoisotopic (exact) mass is 264 g/mol. The molecule has 106 valence electrons. The van der Waals surface area contributed by atoms with Crippen LogP contribution in [0.2, 0.25) is 0 Å². The van der Waals surface area contributed by atoms with Gasteiger partial charge < -0.3 is 14.8 Å². The van der Waals surface area contributed by atoms with E-state index in [0.29, 0.717) is 12.0 Å². The minimum atomic E-state index is 0.491. The number of ether oxygens (including phenoxy) is 2. The van der Waals surface area contributed by atoms with E-state index in [0.717, 1.165) is 25.4 Å². The fraction of sp³-hybridized carbons (Fsp3) is 0.667. The van der Waals surface area contributed by atoms with E-state index < -0.39 is 0 Å². The van der Waals surface area contributed by atoms with E-state index >= 15 is 0 Å². The first kappa shape index (κ1) is 14.3. The molecule has 19 heavy (non-hydrogen) atoms. The van der Waals surface area contributed by atoms with Crippen molar-refractivity contribution in [2.45, 2.75) is 44.8 Å². The lowest BCUT2D eigenvalue weighted by Crippen LogP contribution is -2.24. The highest BCUT2D eigenvalue weighted by molar-refractivity contribution is 5.15. The van der Waals surface area contributed by atoms with Crippen LogP contribution in [0.5, 0.6) is 5.88 Å². The average molecular weight is 264 g/mol. The second-order valence-electron chi connectivity index (χ2n) is 4.98. The molecule has 4 heteroatoms. The standard InChI is InChI=1S/C15H24N2O2/c1-18-15-9-5-6-13(17-15)12-16-10-11-19-14-7-3-2-4-8-14/h5-6,9,14,16H,2-4,7-8,10-12H2,1H3. The average Bonchev–Trinajstić information content (AvgIpc) is 2.48. The Morgan fingerprint density at radius 3 is 2.89 bits per heavy atom. The van der Waals surface area contributed by atoms with E-state index in [-0.39, 0.29) is 0 Å². The quantitative estimate of drug-likeness (QED) is 0.769. The molecule has 0 aliphatic heterocycles. The SMILES string of the molecule is COc1cccc(CNCCOC2CCCCC2)n1. The van der Waals surface area contributed by atoms with Gasteiger partial charge in [-0.2, -0.15) is 0 Å². The van der Waals surface area contributed by atoms with Gasteiger partial charge in [0.25, 0.3) is 0 Å². The van der Waals surface area contributed by atoms with Crippen molar-refractivity contribution in [2.75, 3.05) is 20.3 Å². The Morgan fingerprint density at radius 2 is 2.11 bits per heavy atom. The van der Waals surface area contributed by atoms with Crippen LogP contribution in [0.1, 0.15) is 37.8 Å². The smallest absolute Gasteiger partial charge is 0.213 e. The van der Waals surface area contributed by atoms with Crippen LogP contribution in [0.15, 0.2) is 18.2 Å². The summed E-state index contributed by atoms with van der Waals surface area (Å²) >= 11 is 0. The summed E-state index contributed by atoms with van der Waals surface area (Å²) in [6.07, 6.45) is 6.98. The fourth-order valence-electron chi connectivity index (χ4n) is 2.42. The van der Waals surface area contributed by atoms with Crippen molar-refractivity contribution in [3.63, 3.8) is 0 Å². The van der Waals surface area contributed by atoms with E-state index in [1.165, 1.54) is 32.1 Å². The van der Waals surface area contributed by atoms with Crippen LogP contribution >= 0.6 is 0 Å². The Hall–Kier alpha value is -1.13. The molecule has 0 aromatic carbocycles. The molecule has 1 fully saturated rings. The number of aromatic nitrogens is 1. The number of nitrogens with one attached hydrogen (secondary N) is 1. The van der Waals surface area contributed by atoms with Crippen LogP contribution in [0, 0.1) is 0 Å². The molecule has 1 saturated carbocycles. The molecule has 2 rings (SSSR count). The first-order valence-electron chi connectivity index (χ1n) is 7.21. The van der Waals surface area contributed by atoms with Crippen LogP contribution < -0.4 is 10.1 Å². The third-order valence-corrected chi connectivity index (χ3v) is 3.48. The predicted octanol–water partition coefficient (Wildman–Crippen LogP) is 2.53. The number of rotatable bonds is 7. The van der Waals surface area contributed by atoms with Gasteiger partial charge in [0.05, 0.1) is 25.5 Å². The summed E-state index contributed by atoms with van der Waals surface area (Å²) in [6.45, 7) is 2.41. The molecule has 0 spiro atoms.